The molecule has 26 heavy (non-hydrogen) atoms. The van der Waals surface area contributed by atoms with Crippen molar-refractivity contribution in [3.05, 3.63) is 18.7 Å². The summed E-state index contributed by atoms with van der Waals surface area (Å²) >= 11 is 0. The number of aliphatic hydroxyl groups is 1. The molecule has 140 valence electrons. The van der Waals surface area contributed by atoms with Crippen LogP contribution in [-0.4, -0.2) is 75.6 Å². The largest absolute Gasteiger partial charge is 0.396 e. The fourth-order valence-corrected chi connectivity index (χ4v) is 3.49. The number of anilines is 2. The maximum Gasteiger partial charge on any atom is 0.241 e. The van der Waals surface area contributed by atoms with Gasteiger partial charge in [-0.3, -0.25) is 4.57 Å². The van der Waals surface area contributed by atoms with Crippen molar-refractivity contribution in [3.8, 4) is 5.95 Å². The Morgan fingerprint density at radius 2 is 1.62 bits per heavy atom. The molecule has 2 saturated heterocycles. The number of ether oxygens (including phenoxy) is 1. The molecule has 2 aromatic heterocycles. The first-order valence-electron chi connectivity index (χ1n) is 9.26. The summed E-state index contributed by atoms with van der Waals surface area (Å²) in [6, 6.07) is 0. The number of morpholine rings is 1. The predicted octanol–water partition coefficient (Wildman–Crippen LogP) is 0.493. The summed E-state index contributed by atoms with van der Waals surface area (Å²) in [6.45, 7) is 5.02. The van der Waals surface area contributed by atoms with E-state index in [4.69, 9.17) is 14.8 Å². The second-order valence-electron chi connectivity index (χ2n) is 6.75. The van der Waals surface area contributed by atoms with E-state index in [0.717, 1.165) is 45.4 Å². The molecule has 0 aromatic carbocycles. The number of aliphatic hydroxyl groups excluding tert-OH is 1. The summed E-state index contributed by atoms with van der Waals surface area (Å²) < 4.78 is 7.26. The zero-order valence-corrected chi connectivity index (χ0v) is 14.9. The van der Waals surface area contributed by atoms with Crippen molar-refractivity contribution >= 4 is 11.9 Å². The van der Waals surface area contributed by atoms with Crippen molar-refractivity contribution in [2.45, 2.75) is 19.3 Å². The van der Waals surface area contributed by atoms with Gasteiger partial charge in [0, 0.05) is 45.2 Å². The van der Waals surface area contributed by atoms with Crippen LogP contribution in [-0.2, 0) is 4.74 Å². The molecule has 1 N–H and O–H groups in total. The maximum atomic E-state index is 9.15. The monoisotopic (exact) mass is 359 g/mol. The second-order valence-corrected chi connectivity index (χ2v) is 6.75. The first kappa shape index (κ1) is 17.2. The van der Waals surface area contributed by atoms with Crippen LogP contribution in [0.3, 0.4) is 0 Å². The third-order valence-corrected chi connectivity index (χ3v) is 5.06. The number of imidazole rings is 1. The number of hydrogen-bond acceptors (Lipinski definition) is 8. The van der Waals surface area contributed by atoms with Crippen LogP contribution in [0.15, 0.2) is 18.7 Å². The topological polar surface area (TPSA) is 92.4 Å². The van der Waals surface area contributed by atoms with E-state index < -0.39 is 0 Å². The summed E-state index contributed by atoms with van der Waals surface area (Å²) in [7, 11) is 0. The highest BCUT2D eigenvalue weighted by Crippen LogP contribution is 2.24. The van der Waals surface area contributed by atoms with Gasteiger partial charge in [-0.25, -0.2) is 4.98 Å². The molecular formula is C17H25N7O2. The molecule has 0 saturated carbocycles. The molecule has 0 aliphatic carbocycles. The van der Waals surface area contributed by atoms with Gasteiger partial charge in [-0.05, 0) is 25.2 Å². The molecular weight excluding hydrogens is 334 g/mol. The van der Waals surface area contributed by atoms with Crippen molar-refractivity contribution in [2.24, 2.45) is 5.92 Å². The van der Waals surface area contributed by atoms with Crippen molar-refractivity contribution in [2.75, 3.05) is 55.8 Å². The zero-order chi connectivity index (χ0) is 17.8. The van der Waals surface area contributed by atoms with Gasteiger partial charge in [0.05, 0.1) is 13.2 Å². The quantitative estimate of drug-likeness (QED) is 0.825. The Morgan fingerprint density at radius 3 is 2.23 bits per heavy atom. The Morgan fingerprint density at radius 1 is 0.962 bits per heavy atom. The Balaban J connectivity index is 1.60. The van der Waals surface area contributed by atoms with Gasteiger partial charge in [-0.2, -0.15) is 15.0 Å². The summed E-state index contributed by atoms with van der Waals surface area (Å²) in [4.78, 5) is 22.6. The lowest BCUT2D eigenvalue weighted by Crippen LogP contribution is -2.39. The average molecular weight is 359 g/mol. The van der Waals surface area contributed by atoms with Crippen molar-refractivity contribution in [1.82, 2.24) is 24.5 Å². The molecule has 4 rings (SSSR count). The van der Waals surface area contributed by atoms with Crippen LogP contribution in [0.25, 0.3) is 5.95 Å². The van der Waals surface area contributed by atoms with Crippen LogP contribution < -0.4 is 9.80 Å². The van der Waals surface area contributed by atoms with Gasteiger partial charge in [0.2, 0.25) is 17.8 Å². The molecule has 0 atom stereocenters. The van der Waals surface area contributed by atoms with Crippen LogP contribution in [0.4, 0.5) is 11.9 Å². The van der Waals surface area contributed by atoms with Gasteiger partial charge in [0.15, 0.2) is 0 Å². The molecule has 2 fully saturated rings. The minimum atomic E-state index is 0.266. The smallest absolute Gasteiger partial charge is 0.241 e. The zero-order valence-electron chi connectivity index (χ0n) is 14.9. The lowest BCUT2D eigenvalue weighted by molar-refractivity contribution is 0.122. The second kappa shape index (κ2) is 7.96. The molecule has 0 radical (unpaired) electrons. The number of nitrogens with zero attached hydrogens (tertiary/aromatic N) is 7. The van der Waals surface area contributed by atoms with E-state index in [9.17, 15) is 0 Å². The normalized spacial score (nSPS) is 19.1. The Hall–Kier alpha value is -2.26. The Bertz CT molecular complexity index is 695. The fraction of sp³-hybridized carbons (Fsp3) is 0.647. The van der Waals surface area contributed by atoms with Crippen LogP contribution in [0.5, 0.6) is 0 Å². The minimum absolute atomic E-state index is 0.266. The van der Waals surface area contributed by atoms with Crippen molar-refractivity contribution in [1.29, 1.82) is 0 Å². The van der Waals surface area contributed by atoms with Crippen LogP contribution in [0.1, 0.15) is 19.3 Å². The average Bonchev–Trinajstić information content (AvgIpc) is 3.24. The lowest BCUT2D eigenvalue weighted by atomic mass is 9.94. The first-order chi connectivity index (χ1) is 12.8. The molecule has 0 unspecified atom stereocenters. The molecule has 2 aliphatic heterocycles. The van der Waals surface area contributed by atoms with E-state index in [1.807, 2.05) is 10.8 Å². The summed E-state index contributed by atoms with van der Waals surface area (Å²) in [5.74, 6) is 2.59. The molecule has 9 nitrogen and oxygen atoms in total. The SMILES string of the molecule is OCCC1CCN(c2nc(N3CCOCC3)nc(-n3ccnc3)n2)CC1. The molecule has 9 heteroatoms. The summed E-state index contributed by atoms with van der Waals surface area (Å²) in [6.07, 6.45) is 8.26. The summed E-state index contributed by atoms with van der Waals surface area (Å²) in [5.41, 5.74) is 0. The fourth-order valence-electron chi connectivity index (χ4n) is 3.49. The first-order valence-corrected chi connectivity index (χ1v) is 9.26. The highest BCUT2D eigenvalue weighted by atomic mass is 16.5. The molecule has 0 bridgehead atoms. The van der Waals surface area contributed by atoms with Gasteiger partial charge in [-0.1, -0.05) is 0 Å². The third-order valence-electron chi connectivity index (χ3n) is 5.06. The van der Waals surface area contributed by atoms with E-state index in [1.54, 1.807) is 12.5 Å². The minimum Gasteiger partial charge on any atom is -0.396 e. The van der Waals surface area contributed by atoms with E-state index >= 15 is 0 Å². The van der Waals surface area contributed by atoms with Gasteiger partial charge >= 0.3 is 0 Å². The van der Waals surface area contributed by atoms with Crippen molar-refractivity contribution in [3.63, 3.8) is 0 Å². The Kier molecular flexibility index (Phi) is 5.26. The predicted molar refractivity (Wildman–Crippen MR) is 96.6 cm³/mol. The Labute approximate surface area is 152 Å². The number of piperidine rings is 1. The van der Waals surface area contributed by atoms with E-state index in [-0.39, 0.29) is 6.61 Å². The van der Waals surface area contributed by atoms with E-state index in [0.29, 0.717) is 37.0 Å². The number of rotatable bonds is 5. The molecule has 4 heterocycles. The molecule has 0 spiro atoms. The standard InChI is InChI=1S/C17H25N7O2/c25-10-3-14-1-5-22(6-2-14)15-19-16(23-8-11-26-12-9-23)21-17(20-15)24-7-4-18-13-24/h4,7,13-14,25H,1-3,5-6,8-12H2. The lowest BCUT2D eigenvalue weighted by Gasteiger charge is -2.33. The maximum absolute atomic E-state index is 9.15. The highest BCUT2D eigenvalue weighted by Gasteiger charge is 2.24. The molecule has 2 aromatic rings. The molecule has 2 aliphatic rings. The highest BCUT2D eigenvalue weighted by molar-refractivity contribution is 5.42. The van der Waals surface area contributed by atoms with Crippen LogP contribution in [0, 0.1) is 5.92 Å². The van der Waals surface area contributed by atoms with Crippen LogP contribution >= 0.6 is 0 Å². The van der Waals surface area contributed by atoms with Gasteiger partial charge < -0.3 is 19.6 Å². The van der Waals surface area contributed by atoms with Gasteiger partial charge in [0.1, 0.15) is 6.33 Å². The van der Waals surface area contributed by atoms with Crippen LogP contribution in [0.2, 0.25) is 0 Å². The number of aromatic nitrogens is 5. The van der Waals surface area contributed by atoms with Crippen molar-refractivity contribution < 1.29 is 9.84 Å². The molecule has 0 amide bonds. The van der Waals surface area contributed by atoms with E-state index in [2.05, 4.69) is 24.8 Å². The van der Waals surface area contributed by atoms with E-state index in [1.165, 1.54) is 0 Å². The van der Waals surface area contributed by atoms with Gasteiger partial charge in [0.25, 0.3) is 0 Å². The third kappa shape index (κ3) is 3.78. The summed E-state index contributed by atoms with van der Waals surface area (Å²) in [5, 5.41) is 9.15. The number of hydrogen-bond donors (Lipinski definition) is 1. The van der Waals surface area contributed by atoms with Gasteiger partial charge in [-0.15, -0.1) is 0 Å².